The van der Waals surface area contributed by atoms with Crippen LogP contribution in [0, 0.1) is 0 Å². The maximum Gasteiger partial charge on any atom is 0.0439 e. The van der Waals surface area contributed by atoms with Gasteiger partial charge in [-0.25, -0.2) is 0 Å². The van der Waals surface area contributed by atoms with Gasteiger partial charge in [-0.15, -0.1) is 0 Å². The quantitative estimate of drug-likeness (QED) is 0.825. The Kier molecular flexibility index (Phi) is 3.41. The van der Waals surface area contributed by atoms with E-state index in [0.717, 1.165) is 13.0 Å². The molecule has 1 aliphatic heterocycles. The van der Waals surface area contributed by atoms with E-state index < -0.39 is 0 Å². The lowest BCUT2D eigenvalue weighted by Crippen LogP contribution is -2.19. The van der Waals surface area contributed by atoms with Crippen LogP contribution >= 0.6 is 0 Å². The van der Waals surface area contributed by atoms with Crippen molar-refractivity contribution in [1.82, 2.24) is 4.98 Å². The molecule has 0 atom stereocenters. The van der Waals surface area contributed by atoms with Gasteiger partial charge in [0.25, 0.3) is 0 Å². The highest BCUT2D eigenvalue weighted by atomic mass is 15.1. The van der Waals surface area contributed by atoms with Crippen molar-refractivity contribution < 1.29 is 0 Å². The van der Waals surface area contributed by atoms with Crippen molar-refractivity contribution in [1.29, 1.82) is 0 Å². The standard InChI is InChI=1S/C17H16N2/c1-2-4-15(5-3-1)14-16-8-12-19(13-9-16)17-6-10-18-11-7-17/h1-12H,13-14H2. The van der Waals surface area contributed by atoms with Crippen molar-refractivity contribution in [3.8, 4) is 0 Å². The van der Waals surface area contributed by atoms with Gasteiger partial charge >= 0.3 is 0 Å². The molecular formula is C17H16N2. The van der Waals surface area contributed by atoms with E-state index in [1.165, 1.54) is 16.8 Å². The number of hydrogen-bond acceptors (Lipinski definition) is 2. The van der Waals surface area contributed by atoms with E-state index in [1.54, 1.807) is 0 Å². The molecule has 0 amide bonds. The summed E-state index contributed by atoms with van der Waals surface area (Å²) in [5.41, 5.74) is 3.91. The van der Waals surface area contributed by atoms with E-state index in [2.05, 4.69) is 58.6 Å². The molecule has 2 heterocycles. The molecule has 0 unspecified atom stereocenters. The zero-order chi connectivity index (χ0) is 12.9. The van der Waals surface area contributed by atoms with E-state index in [0.29, 0.717) is 0 Å². The van der Waals surface area contributed by atoms with Crippen LogP contribution in [-0.4, -0.2) is 11.5 Å². The fourth-order valence-corrected chi connectivity index (χ4v) is 2.22. The molecule has 0 aliphatic carbocycles. The molecule has 0 saturated heterocycles. The van der Waals surface area contributed by atoms with Gasteiger partial charge in [-0.3, -0.25) is 4.98 Å². The van der Waals surface area contributed by atoms with Crippen molar-refractivity contribution in [2.75, 3.05) is 11.4 Å². The van der Waals surface area contributed by atoms with Crippen LogP contribution in [-0.2, 0) is 6.42 Å². The summed E-state index contributed by atoms with van der Waals surface area (Å²) in [7, 11) is 0. The highest BCUT2D eigenvalue weighted by Crippen LogP contribution is 2.19. The summed E-state index contributed by atoms with van der Waals surface area (Å²) < 4.78 is 0. The summed E-state index contributed by atoms with van der Waals surface area (Å²) >= 11 is 0. The second kappa shape index (κ2) is 5.53. The third kappa shape index (κ3) is 2.91. The van der Waals surface area contributed by atoms with Gasteiger partial charge < -0.3 is 4.90 Å². The molecule has 1 aromatic carbocycles. The Morgan fingerprint density at radius 1 is 1.00 bits per heavy atom. The minimum Gasteiger partial charge on any atom is -0.344 e. The molecule has 2 nitrogen and oxygen atoms in total. The number of aromatic nitrogens is 1. The van der Waals surface area contributed by atoms with Crippen molar-refractivity contribution in [3.05, 3.63) is 84.3 Å². The molecule has 3 rings (SSSR count). The smallest absolute Gasteiger partial charge is 0.0439 e. The molecule has 0 bridgehead atoms. The molecular weight excluding hydrogens is 232 g/mol. The van der Waals surface area contributed by atoms with Gasteiger partial charge in [-0.2, -0.15) is 0 Å². The van der Waals surface area contributed by atoms with Gasteiger partial charge in [0.05, 0.1) is 0 Å². The molecule has 19 heavy (non-hydrogen) atoms. The normalized spacial score (nSPS) is 14.3. The molecule has 0 N–H and O–H groups in total. The van der Waals surface area contributed by atoms with Crippen molar-refractivity contribution >= 4 is 5.69 Å². The maximum atomic E-state index is 4.04. The molecule has 1 aromatic heterocycles. The van der Waals surface area contributed by atoms with E-state index in [1.807, 2.05) is 24.5 Å². The predicted molar refractivity (Wildman–Crippen MR) is 79.0 cm³/mol. The van der Waals surface area contributed by atoms with Crippen LogP contribution < -0.4 is 4.90 Å². The molecule has 2 aromatic rings. The summed E-state index contributed by atoms with van der Waals surface area (Å²) in [6, 6.07) is 14.6. The van der Waals surface area contributed by atoms with Gasteiger partial charge in [0, 0.05) is 30.8 Å². The number of allylic oxidation sites excluding steroid dienone is 2. The minimum atomic E-state index is 0.919. The predicted octanol–water partition coefficient (Wildman–Crippen LogP) is 3.58. The molecule has 0 radical (unpaired) electrons. The second-order valence-corrected chi connectivity index (χ2v) is 4.61. The monoisotopic (exact) mass is 248 g/mol. The van der Waals surface area contributed by atoms with Gasteiger partial charge in [0.1, 0.15) is 0 Å². The molecule has 94 valence electrons. The third-order valence-electron chi connectivity index (χ3n) is 3.26. The lowest BCUT2D eigenvalue weighted by Gasteiger charge is -2.22. The largest absolute Gasteiger partial charge is 0.344 e. The Labute approximate surface area is 113 Å². The molecule has 0 fully saturated rings. The van der Waals surface area contributed by atoms with Crippen LogP contribution in [0.1, 0.15) is 5.56 Å². The van der Waals surface area contributed by atoms with Gasteiger partial charge in [-0.1, -0.05) is 36.4 Å². The first-order valence-electron chi connectivity index (χ1n) is 6.50. The zero-order valence-corrected chi connectivity index (χ0v) is 10.7. The van der Waals surface area contributed by atoms with E-state index in [9.17, 15) is 0 Å². The van der Waals surface area contributed by atoms with Crippen LogP contribution in [0.2, 0.25) is 0 Å². The van der Waals surface area contributed by atoms with Crippen molar-refractivity contribution in [2.45, 2.75) is 6.42 Å². The number of anilines is 1. The first-order chi connectivity index (χ1) is 9.42. The summed E-state index contributed by atoms with van der Waals surface area (Å²) in [6.07, 6.45) is 11.3. The first-order valence-corrected chi connectivity index (χ1v) is 6.50. The number of rotatable bonds is 3. The fourth-order valence-electron chi connectivity index (χ4n) is 2.22. The average molecular weight is 248 g/mol. The summed E-state index contributed by atoms with van der Waals surface area (Å²) in [4.78, 5) is 6.26. The van der Waals surface area contributed by atoms with Crippen molar-refractivity contribution in [2.24, 2.45) is 0 Å². The van der Waals surface area contributed by atoms with E-state index >= 15 is 0 Å². The lowest BCUT2D eigenvalue weighted by atomic mass is 10.0. The van der Waals surface area contributed by atoms with Gasteiger partial charge in [0.15, 0.2) is 0 Å². The van der Waals surface area contributed by atoms with Crippen LogP contribution in [0.3, 0.4) is 0 Å². The number of hydrogen-bond donors (Lipinski definition) is 0. The zero-order valence-electron chi connectivity index (χ0n) is 10.7. The topological polar surface area (TPSA) is 16.1 Å². The van der Waals surface area contributed by atoms with Gasteiger partial charge in [-0.05, 0) is 35.8 Å². The number of nitrogens with zero attached hydrogens (tertiary/aromatic N) is 2. The molecule has 1 aliphatic rings. The Bertz CT molecular complexity index is 585. The molecule has 2 heteroatoms. The summed E-state index contributed by atoms with van der Waals surface area (Å²) in [6.45, 7) is 0.919. The fraction of sp³-hybridized carbons (Fsp3) is 0.118. The first kappa shape index (κ1) is 11.7. The highest BCUT2D eigenvalue weighted by molar-refractivity contribution is 5.51. The number of benzene rings is 1. The van der Waals surface area contributed by atoms with Crippen LogP contribution in [0.15, 0.2) is 78.8 Å². The van der Waals surface area contributed by atoms with Crippen LogP contribution in [0.5, 0.6) is 0 Å². The SMILES string of the molecule is C1=CN(c2ccncc2)CC=C1Cc1ccccc1. The van der Waals surface area contributed by atoms with Crippen LogP contribution in [0.25, 0.3) is 0 Å². The summed E-state index contributed by atoms with van der Waals surface area (Å²) in [5.74, 6) is 0. The van der Waals surface area contributed by atoms with Gasteiger partial charge in [0.2, 0.25) is 0 Å². The van der Waals surface area contributed by atoms with Crippen LogP contribution in [0.4, 0.5) is 5.69 Å². The average Bonchev–Trinajstić information content (AvgIpc) is 2.50. The Balaban J connectivity index is 1.67. The van der Waals surface area contributed by atoms with E-state index in [-0.39, 0.29) is 0 Å². The molecule has 0 saturated carbocycles. The third-order valence-corrected chi connectivity index (χ3v) is 3.26. The Morgan fingerprint density at radius 3 is 2.47 bits per heavy atom. The highest BCUT2D eigenvalue weighted by Gasteiger charge is 2.06. The maximum absolute atomic E-state index is 4.04. The Morgan fingerprint density at radius 2 is 1.79 bits per heavy atom. The summed E-state index contributed by atoms with van der Waals surface area (Å²) in [5, 5.41) is 0. The second-order valence-electron chi connectivity index (χ2n) is 4.61. The lowest BCUT2D eigenvalue weighted by molar-refractivity contribution is 1.03. The Hall–Kier alpha value is -2.35. The van der Waals surface area contributed by atoms with E-state index in [4.69, 9.17) is 0 Å². The van der Waals surface area contributed by atoms with Crippen molar-refractivity contribution in [3.63, 3.8) is 0 Å². The minimum absolute atomic E-state index is 0.919. The number of pyridine rings is 1. The molecule has 0 spiro atoms.